The van der Waals surface area contributed by atoms with Gasteiger partial charge in [0, 0.05) is 24.8 Å². The smallest absolute Gasteiger partial charge is 0.0350 e. The molecule has 20 heavy (non-hydrogen) atoms. The van der Waals surface area contributed by atoms with Gasteiger partial charge in [0.1, 0.15) is 0 Å². The molecule has 1 unspecified atom stereocenters. The molecule has 0 bridgehead atoms. The zero-order chi connectivity index (χ0) is 13.9. The predicted molar refractivity (Wildman–Crippen MR) is 84.4 cm³/mol. The Balaban J connectivity index is 1.85. The first-order valence-electron chi connectivity index (χ1n) is 7.45. The van der Waals surface area contributed by atoms with Crippen LogP contribution in [0, 0.1) is 0 Å². The highest BCUT2D eigenvalue weighted by molar-refractivity contribution is 5.52. The number of anilines is 1. The molecule has 0 amide bonds. The molecule has 2 nitrogen and oxygen atoms in total. The molecule has 0 saturated carbocycles. The SMILES string of the molecule is CCC(c1ccccc1)N1CCc2c(N)cccc2C1. The van der Waals surface area contributed by atoms with Crippen LogP contribution in [0.4, 0.5) is 5.69 Å². The third kappa shape index (κ3) is 2.44. The van der Waals surface area contributed by atoms with Crippen LogP contribution in [0.5, 0.6) is 0 Å². The number of nitrogens with zero attached hydrogens (tertiary/aromatic N) is 1. The first kappa shape index (κ1) is 13.2. The number of fused-ring (bicyclic) bond motifs is 1. The molecule has 1 atom stereocenters. The number of hydrogen-bond donors (Lipinski definition) is 1. The summed E-state index contributed by atoms with van der Waals surface area (Å²) in [4.78, 5) is 2.58. The number of benzene rings is 2. The van der Waals surface area contributed by atoms with Crippen molar-refractivity contribution in [3.63, 3.8) is 0 Å². The molecule has 2 aromatic carbocycles. The fourth-order valence-electron chi connectivity index (χ4n) is 3.31. The van der Waals surface area contributed by atoms with E-state index >= 15 is 0 Å². The summed E-state index contributed by atoms with van der Waals surface area (Å²) in [5, 5.41) is 0. The van der Waals surface area contributed by atoms with E-state index in [0.717, 1.165) is 31.6 Å². The van der Waals surface area contributed by atoms with Crippen LogP contribution in [0.25, 0.3) is 0 Å². The van der Waals surface area contributed by atoms with Crippen LogP contribution in [-0.2, 0) is 13.0 Å². The molecule has 1 aliphatic rings. The van der Waals surface area contributed by atoms with E-state index in [9.17, 15) is 0 Å². The van der Waals surface area contributed by atoms with E-state index in [1.165, 1.54) is 16.7 Å². The Morgan fingerprint density at radius 1 is 1.10 bits per heavy atom. The Bertz CT molecular complexity index is 577. The molecule has 0 aromatic heterocycles. The number of rotatable bonds is 3. The fraction of sp³-hybridized carbons (Fsp3) is 0.333. The molecule has 0 fully saturated rings. The maximum Gasteiger partial charge on any atom is 0.0350 e. The highest BCUT2D eigenvalue weighted by atomic mass is 15.2. The second-order valence-corrected chi connectivity index (χ2v) is 5.54. The Hall–Kier alpha value is -1.80. The first-order valence-corrected chi connectivity index (χ1v) is 7.45. The summed E-state index contributed by atoms with van der Waals surface area (Å²) in [5.74, 6) is 0. The largest absolute Gasteiger partial charge is 0.398 e. The molecular weight excluding hydrogens is 244 g/mol. The summed E-state index contributed by atoms with van der Waals surface area (Å²) in [6.45, 7) is 4.37. The lowest BCUT2D eigenvalue weighted by molar-refractivity contribution is 0.174. The van der Waals surface area contributed by atoms with Crippen LogP contribution in [0.15, 0.2) is 48.5 Å². The zero-order valence-electron chi connectivity index (χ0n) is 12.0. The van der Waals surface area contributed by atoms with E-state index in [-0.39, 0.29) is 0 Å². The Kier molecular flexibility index (Phi) is 3.75. The summed E-state index contributed by atoms with van der Waals surface area (Å²) in [5.41, 5.74) is 11.2. The summed E-state index contributed by atoms with van der Waals surface area (Å²) in [6, 6.07) is 17.6. The van der Waals surface area contributed by atoms with Crippen LogP contribution >= 0.6 is 0 Å². The molecule has 0 radical (unpaired) electrons. The maximum atomic E-state index is 6.09. The molecule has 2 N–H and O–H groups in total. The van der Waals surface area contributed by atoms with Crippen LogP contribution in [0.3, 0.4) is 0 Å². The normalized spacial score (nSPS) is 16.6. The summed E-state index contributed by atoms with van der Waals surface area (Å²) < 4.78 is 0. The van der Waals surface area contributed by atoms with Crippen molar-refractivity contribution >= 4 is 5.69 Å². The minimum absolute atomic E-state index is 0.505. The van der Waals surface area contributed by atoms with E-state index < -0.39 is 0 Å². The van der Waals surface area contributed by atoms with Gasteiger partial charge in [-0.1, -0.05) is 49.4 Å². The maximum absolute atomic E-state index is 6.09. The van der Waals surface area contributed by atoms with Gasteiger partial charge in [-0.25, -0.2) is 0 Å². The van der Waals surface area contributed by atoms with Crippen molar-refractivity contribution in [3.8, 4) is 0 Å². The molecule has 0 saturated heterocycles. The van der Waals surface area contributed by atoms with Crippen molar-refractivity contribution in [3.05, 3.63) is 65.2 Å². The van der Waals surface area contributed by atoms with Crippen LogP contribution in [0.1, 0.15) is 36.1 Å². The molecule has 0 aliphatic carbocycles. The number of nitrogen functional groups attached to an aromatic ring is 1. The molecule has 2 heteroatoms. The number of nitrogens with two attached hydrogens (primary N) is 1. The standard InChI is InChI=1S/C18H22N2/c1-2-18(14-7-4-3-5-8-14)20-12-11-16-15(13-20)9-6-10-17(16)19/h3-10,18H,2,11-13,19H2,1H3. The highest BCUT2D eigenvalue weighted by Gasteiger charge is 2.24. The predicted octanol–water partition coefficient (Wildman–Crippen LogP) is 3.78. The third-order valence-corrected chi connectivity index (χ3v) is 4.34. The van der Waals surface area contributed by atoms with Gasteiger partial charge in [0.2, 0.25) is 0 Å². The van der Waals surface area contributed by atoms with Crippen molar-refractivity contribution < 1.29 is 0 Å². The Labute approximate surface area is 121 Å². The second kappa shape index (κ2) is 5.68. The van der Waals surface area contributed by atoms with Gasteiger partial charge >= 0.3 is 0 Å². The fourth-order valence-corrected chi connectivity index (χ4v) is 3.31. The van der Waals surface area contributed by atoms with Crippen LogP contribution < -0.4 is 5.73 Å². The van der Waals surface area contributed by atoms with Crippen molar-refractivity contribution in [2.24, 2.45) is 0 Å². The Morgan fingerprint density at radius 2 is 1.90 bits per heavy atom. The Morgan fingerprint density at radius 3 is 2.65 bits per heavy atom. The van der Waals surface area contributed by atoms with Gasteiger partial charge < -0.3 is 5.73 Å². The van der Waals surface area contributed by atoms with Gasteiger partial charge in [0.15, 0.2) is 0 Å². The second-order valence-electron chi connectivity index (χ2n) is 5.54. The van der Waals surface area contributed by atoms with E-state index in [1.807, 2.05) is 6.07 Å². The van der Waals surface area contributed by atoms with Crippen molar-refractivity contribution in [2.45, 2.75) is 32.4 Å². The molecule has 0 spiro atoms. The zero-order valence-corrected chi connectivity index (χ0v) is 12.0. The first-order chi connectivity index (χ1) is 9.79. The summed E-state index contributed by atoms with van der Waals surface area (Å²) in [7, 11) is 0. The summed E-state index contributed by atoms with van der Waals surface area (Å²) >= 11 is 0. The monoisotopic (exact) mass is 266 g/mol. The molecule has 1 heterocycles. The highest BCUT2D eigenvalue weighted by Crippen LogP contribution is 2.31. The quantitative estimate of drug-likeness (QED) is 0.857. The lowest BCUT2D eigenvalue weighted by atomic mass is 9.94. The van der Waals surface area contributed by atoms with Crippen LogP contribution in [-0.4, -0.2) is 11.4 Å². The minimum Gasteiger partial charge on any atom is -0.398 e. The topological polar surface area (TPSA) is 29.3 Å². The molecule has 3 rings (SSSR count). The molecular formula is C18H22N2. The summed E-state index contributed by atoms with van der Waals surface area (Å²) in [6.07, 6.45) is 2.20. The lowest BCUT2D eigenvalue weighted by Crippen LogP contribution is -2.34. The van der Waals surface area contributed by atoms with Gasteiger partial charge in [0.25, 0.3) is 0 Å². The van der Waals surface area contributed by atoms with E-state index in [0.29, 0.717) is 6.04 Å². The van der Waals surface area contributed by atoms with E-state index in [4.69, 9.17) is 5.73 Å². The average Bonchev–Trinajstić information content (AvgIpc) is 2.49. The molecule has 1 aliphatic heterocycles. The van der Waals surface area contributed by atoms with Crippen molar-refractivity contribution in [1.82, 2.24) is 4.90 Å². The van der Waals surface area contributed by atoms with Gasteiger partial charge in [-0.2, -0.15) is 0 Å². The number of hydrogen-bond acceptors (Lipinski definition) is 2. The van der Waals surface area contributed by atoms with Crippen LogP contribution in [0.2, 0.25) is 0 Å². The molecule has 2 aromatic rings. The van der Waals surface area contributed by atoms with Crippen molar-refractivity contribution in [1.29, 1.82) is 0 Å². The minimum atomic E-state index is 0.505. The third-order valence-electron chi connectivity index (χ3n) is 4.34. The van der Waals surface area contributed by atoms with Gasteiger partial charge in [-0.15, -0.1) is 0 Å². The molecule has 104 valence electrons. The lowest BCUT2D eigenvalue weighted by Gasteiger charge is -2.36. The van der Waals surface area contributed by atoms with E-state index in [2.05, 4.69) is 54.3 Å². The van der Waals surface area contributed by atoms with E-state index in [1.54, 1.807) is 0 Å². The van der Waals surface area contributed by atoms with Crippen molar-refractivity contribution in [2.75, 3.05) is 12.3 Å². The van der Waals surface area contributed by atoms with Gasteiger partial charge in [0.05, 0.1) is 0 Å². The van der Waals surface area contributed by atoms with Gasteiger partial charge in [-0.3, -0.25) is 4.90 Å². The van der Waals surface area contributed by atoms with Gasteiger partial charge in [-0.05, 0) is 35.6 Å². The average molecular weight is 266 g/mol.